The molecule has 3 aliphatic rings. The van der Waals surface area contributed by atoms with Crippen LogP contribution in [0.3, 0.4) is 0 Å². The monoisotopic (exact) mass is 522 g/mol. The molecule has 4 heterocycles. The van der Waals surface area contributed by atoms with Gasteiger partial charge in [-0.25, -0.2) is 4.98 Å². The van der Waals surface area contributed by atoms with Crippen molar-refractivity contribution < 1.29 is 9.53 Å². The number of likely N-dealkylation sites (tertiary alicyclic amines) is 1. The molecular formula is C28H42N8O2. The van der Waals surface area contributed by atoms with E-state index in [2.05, 4.69) is 55.0 Å². The second-order valence-corrected chi connectivity index (χ2v) is 10.6. The second kappa shape index (κ2) is 12.6. The van der Waals surface area contributed by atoms with Gasteiger partial charge < -0.3 is 30.6 Å². The van der Waals surface area contributed by atoms with Crippen molar-refractivity contribution in [2.45, 2.75) is 32.2 Å². The lowest BCUT2D eigenvalue weighted by atomic mass is 9.95. The molecule has 0 amide bonds. The SMILES string of the molecule is COC(=O)CN(CC1CCN(Cc2ccc3c(n2)NCCC3)CC1)c1cc(NN)cc(N2CCNCC2)c1. The summed E-state index contributed by atoms with van der Waals surface area (Å²) in [5, 5.41) is 6.85. The molecular weight excluding hydrogens is 480 g/mol. The van der Waals surface area contributed by atoms with E-state index >= 15 is 0 Å². The Hall–Kier alpha value is -3.08. The first kappa shape index (κ1) is 26.5. The van der Waals surface area contributed by atoms with Crippen LogP contribution in [0.5, 0.6) is 0 Å². The first-order chi connectivity index (χ1) is 18.6. The molecule has 206 valence electrons. The molecule has 2 fully saturated rings. The normalized spacial score (nSPS) is 18.4. The number of hydrazine groups is 1. The van der Waals surface area contributed by atoms with Gasteiger partial charge in [0.1, 0.15) is 12.4 Å². The van der Waals surface area contributed by atoms with Gasteiger partial charge in [0.25, 0.3) is 0 Å². The summed E-state index contributed by atoms with van der Waals surface area (Å²) in [5.41, 5.74) is 8.24. The number of carbonyl (C=O) groups is 1. The lowest BCUT2D eigenvalue weighted by molar-refractivity contribution is -0.139. The Morgan fingerprint density at radius 3 is 2.74 bits per heavy atom. The highest BCUT2D eigenvalue weighted by atomic mass is 16.5. The van der Waals surface area contributed by atoms with Crippen LogP contribution in [-0.2, 0) is 22.5 Å². The standard InChI is InChI=1S/C28H42N8O2/c1-38-27(37)20-36(26-16-24(33-29)15-25(17-26)35-13-9-30-10-14-35)18-21-6-11-34(12-7-21)19-23-5-4-22-3-2-8-31-28(22)32-23/h4-5,15-17,21,30,33H,2-3,6-14,18-20,29H2,1H3,(H,31,32). The van der Waals surface area contributed by atoms with Gasteiger partial charge in [-0.1, -0.05) is 6.07 Å². The minimum Gasteiger partial charge on any atom is -0.468 e. The summed E-state index contributed by atoms with van der Waals surface area (Å²) in [4.78, 5) is 24.3. The van der Waals surface area contributed by atoms with Crippen LogP contribution >= 0.6 is 0 Å². The molecule has 3 aliphatic heterocycles. The van der Waals surface area contributed by atoms with Crippen LogP contribution in [-0.4, -0.2) is 81.9 Å². The van der Waals surface area contributed by atoms with E-state index in [9.17, 15) is 4.79 Å². The molecule has 10 nitrogen and oxygen atoms in total. The third-order valence-corrected chi connectivity index (χ3v) is 7.99. The summed E-state index contributed by atoms with van der Waals surface area (Å²) < 4.78 is 5.06. The number of hydrogen-bond acceptors (Lipinski definition) is 10. The topological polar surface area (TPSA) is 111 Å². The van der Waals surface area contributed by atoms with Crippen LogP contribution in [0.2, 0.25) is 0 Å². The van der Waals surface area contributed by atoms with Gasteiger partial charge in [0.05, 0.1) is 18.5 Å². The second-order valence-electron chi connectivity index (χ2n) is 10.6. The fourth-order valence-corrected chi connectivity index (χ4v) is 5.77. The first-order valence-corrected chi connectivity index (χ1v) is 14.0. The Morgan fingerprint density at radius 2 is 1.97 bits per heavy atom. The van der Waals surface area contributed by atoms with Gasteiger partial charge in [-0.05, 0) is 74.5 Å². The van der Waals surface area contributed by atoms with E-state index in [0.29, 0.717) is 5.92 Å². The number of anilines is 4. The van der Waals surface area contributed by atoms with Crippen LogP contribution in [0.4, 0.5) is 22.9 Å². The van der Waals surface area contributed by atoms with E-state index in [-0.39, 0.29) is 12.5 Å². The molecule has 0 spiro atoms. The van der Waals surface area contributed by atoms with Gasteiger partial charge in [0.15, 0.2) is 0 Å². The number of piperidine rings is 1. The quantitative estimate of drug-likeness (QED) is 0.222. The van der Waals surface area contributed by atoms with Crippen LogP contribution < -0.4 is 31.7 Å². The summed E-state index contributed by atoms with van der Waals surface area (Å²) in [6.45, 7) is 8.77. The lowest BCUT2D eigenvalue weighted by Crippen LogP contribution is -2.43. The molecule has 0 unspecified atom stereocenters. The number of piperazine rings is 1. The van der Waals surface area contributed by atoms with Gasteiger partial charge in [0.2, 0.25) is 0 Å². The Bertz CT molecular complexity index is 1080. The summed E-state index contributed by atoms with van der Waals surface area (Å²) in [5.74, 6) is 7.17. The van der Waals surface area contributed by atoms with Gasteiger partial charge >= 0.3 is 5.97 Å². The van der Waals surface area contributed by atoms with Crippen molar-refractivity contribution in [1.29, 1.82) is 0 Å². The number of nitrogen functional groups attached to an aromatic ring is 1. The number of methoxy groups -OCH3 is 1. The fourth-order valence-electron chi connectivity index (χ4n) is 5.77. The zero-order valence-electron chi connectivity index (χ0n) is 22.5. The number of carbonyl (C=O) groups excluding carboxylic acids is 1. The number of aromatic nitrogens is 1. The Labute approximate surface area is 225 Å². The molecule has 38 heavy (non-hydrogen) atoms. The molecule has 2 aromatic rings. The van der Waals surface area contributed by atoms with Crippen molar-refractivity contribution in [3.05, 3.63) is 41.6 Å². The molecule has 5 N–H and O–H groups in total. The molecule has 0 bridgehead atoms. The van der Waals surface area contributed by atoms with E-state index in [1.54, 1.807) is 0 Å². The van der Waals surface area contributed by atoms with Crippen molar-refractivity contribution in [3.8, 4) is 0 Å². The number of fused-ring (bicyclic) bond motifs is 1. The largest absolute Gasteiger partial charge is 0.468 e. The van der Waals surface area contributed by atoms with Crippen molar-refractivity contribution in [2.75, 3.05) is 86.6 Å². The Kier molecular flexibility index (Phi) is 8.83. The zero-order chi connectivity index (χ0) is 26.3. The fraction of sp³-hybridized carbons (Fsp3) is 0.571. The molecule has 0 aliphatic carbocycles. The van der Waals surface area contributed by atoms with Gasteiger partial charge in [-0.15, -0.1) is 0 Å². The minimum absolute atomic E-state index is 0.220. The van der Waals surface area contributed by atoms with E-state index in [0.717, 1.165) is 107 Å². The lowest BCUT2D eigenvalue weighted by Gasteiger charge is -2.36. The predicted octanol–water partition coefficient (Wildman–Crippen LogP) is 2.03. The molecule has 0 radical (unpaired) electrons. The maximum atomic E-state index is 12.4. The van der Waals surface area contributed by atoms with Crippen LogP contribution in [0.15, 0.2) is 30.3 Å². The van der Waals surface area contributed by atoms with E-state index in [1.165, 1.54) is 19.1 Å². The number of hydrogen-bond donors (Lipinski definition) is 4. The number of ether oxygens (including phenoxy) is 1. The number of aryl methyl sites for hydroxylation is 1. The maximum Gasteiger partial charge on any atom is 0.325 e. The minimum atomic E-state index is -0.232. The van der Waals surface area contributed by atoms with Crippen LogP contribution in [0.25, 0.3) is 0 Å². The highest BCUT2D eigenvalue weighted by molar-refractivity contribution is 5.77. The summed E-state index contributed by atoms with van der Waals surface area (Å²) >= 11 is 0. The number of nitrogens with one attached hydrogen (secondary N) is 3. The van der Waals surface area contributed by atoms with E-state index in [4.69, 9.17) is 15.6 Å². The number of pyridine rings is 1. The molecule has 0 atom stereocenters. The number of nitrogens with zero attached hydrogens (tertiary/aromatic N) is 4. The smallest absolute Gasteiger partial charge is 0.325 e. The number of benzene rings is 1. The molecule has 0 saturated carbocycles. The molecule has 1 aromatic heterocycles. The van der Waals surface area contributed by atoms with Gasteiger partial charge in [-0.2, -0.15) is 0 Å². The highest BCUT2D eigenvalue weighted by Crippen LogP contribution is 2.30. The first-order valence-electron chi connectivity index (χ1n) is 14.0. The van der Waals surface area contributed by atoms with Crippen LogP contribution in [0.1, 0.15) is 30.5 Å². The summed E-state index contributed by atoms with van der Waals surface area (Å²) in [6, 6.07) is 10.7. The van der Waals surface area contributed by atoms with E-state index in [1.807, 2.05) is 6.07 Å². The Balaban J connectivity index is 1.24. The van der Waals surface area contributed by atoms with E-state index < -0.39 is 0 Å². The Morgan fingerprint density at radius 1 is 1.16 bits per heavy atom. The highest BCUT2D eigenvalue weighted by Gasteiger charge is 2.25. The van der Waals surface area contributed by atoms with Gasteiger partial charge in [-0.3, -0.25) is 15.5 Å². The average molecular weight is 523 g/mol. The maximum absolute atomic E-state index is 12.4. The van der Waals surface area contributed by atoms with Gasteiger partial charge in [0, 0.05) is 57.2 Å². The number of esters is 1. The molecule has 2 saturated heterocycles. The summed E-state index contributed by atoms with van der Waals surface area (Å²) in [6.07, 6.45) is 4.46. The molecule has 1 aromatic carbocycles. The zero-order valence-corrected chi connectivity index (χ0v) is 22.5. The molecule has 10 heteroatoms. The average Bonchev–Trinajstić information content (AvgIpc) is 2.97. The third-order valence-electron chi connectivity index (χ3n) is 7.99. The van der Waals surface area contributed by atoms with Crippen molar-refractivity contribution in [2.24, 2.45) is 11.8 Å². The number of nitrogens with two attached hydrogens (primary N) is 1. The summed E-state index contributed by atoms with van der Waals surface area (Å²) in [7, 11) is 1.45. The third kappa shape index (κ3) is 6.67. The molecule has 5 rings (SSSR count). The van der Waals surface area contributed by atoms with Crippen molar-refractivity contribution in [1.82, 2.24) is 15.2 Å². The van der Waals surface area contributed by atoms with Crippen molar-refractivity contribution in [3.63, 3.8) is 0 Å². The predicted molar refractivity (Wildman–Crippen MR) is 153 cm³/mol. The van der Waals surface area contributed by atoms with Crippen LogP contribution in [0, 0.1) is 5.92 Å². The van der Waals surface area contributed by atoms with Crippen molar-refractivity contribution >= 4 is 28.8 Å². The number of rotatable bonds is 9.